The second-order valence-corrected chi connectivity index (χ2v) is 5.28. The Hall–Kier alpha value is -1.91. The molecule has 0 spiro atoms. The summed E-state index contributed by atoms with van der Waals surface area (Å²) in [6.45, 7) is 0.201. The predicted octanol–water partition coefficient (Wildman–Crippen LogP) is 2.60. The van der Waals surface area contributed by atoms with E-state index in [-0.39, 0.29) is 13.0 Å². The van der Waals surface area contributed by atoms with E-state index in [1.807, 2.05) is 24.3 Å². The molecule has 0 saturated carbocycles. The Morgan fingerprint density at radius 2 is 1.50 bits per heavy atom. The van der Waals surface area contributed by atoms with Crippen LogP contribution in [-0.4, -0.2) is 28.9 Å². The van der Waals surface area contributed by atoms with Gasteiger partial charge >= 0.3 is 0 Å². The highest BCUT2D eigenvalue weighted by atomic mass is 16.4. The highest BCUT2D eigenvalue weighted by molar-refractivity contribution is 5.64. The van der Waals surface area contributed by atoms with Gasteiger partial charge in [-0.3, -0.25) is 0 Å². The van der Waals surface area contributed by atoms with E-state index >= 15 is 0 Å². The Bertz CT molecular complexity index is 445. The second kappa shape index (κ2) is 17.4. The van der Waals surface area contributed by atoms with Crippen LogP contribution in [-0.2, 0) is 4.79 Å². The molecule has 0 aromatic carbocycles. The number of rotatable bonds is 14. The molecule has 0 fully saturated rings. The van der Waals surface area contributed by atoms with E-state index in [1.165, 1.54) is 0 Å². The number of carboxylic acid groups (broad SMARTS) is 1. The number of allylic oxidation sites excluding steroid dienone is 8. The average Bonchev–Trinajstić information content (AvgIpc) is 2.55. The number of carboxylic acids is 1. The summed E-state index contributed by atoms with van der Waals surface area (Å²) in [4.78, 5) is 10.2. The third-order valence-corrected chi connectivity index (χ3v) is 3.07. The molecule has 0 amide bonds. The number of aliphatic hydroxyl groups is 2. The highest BCUT2D eigenvalue weighted by Crippen LogP contribution is 2.02. The molecule has 134 valence electrons. The Balaban J connectivity index is 3.64. The van der Waals surface area contributed by atoms with Gasteiger partial charge in [0.25, 0.3) is 0 Å². The number of hydrogen-bond donors (Lipinski definition) is 2. The molecule has 2 N–H and O–H groups in total. The molecule has 0 aromatic rings. The normalized spacial score (nSPS) is 14.1. The van der Waals surface area contributed by atoms with Gasteiger partial charge < -0.3 is 20.1 Å². The molecule has 0 aliphatic rings. The number of carbonyl (C=O) groups excluding carboxylic acids is 1. The molecule has 24 heavy (non-hydrogen) atoms. The van der Waals surface area contributed by atoms with Crippen LogP contribution in [0.1, 0.15) is 44.9 Å². The van der Waals surface area contributed by atoms with Gasteiger partial charge in [-0.15, -0.1) is 0 Å². The molecule has 0 aromatic heterocycles. The molecule has 0 heterocycles. The molecular formula is C20H29O4-. The minimum atomic E-state index is -1.08. The van der Waals surface area contributed by atoms with E-state index in [0.29, 0.717) is 19.3 Å². The van der Waals surface area contributed by atoms with Crippen LogP contribution in [0, 0.1) is 0 Å². The summed E-state index contributed by atoms with van der Waals surface area (Å²) in [7, 11) is 0. The summed E-state index contributed by atoms with van der Waals surface area (Å²) in [5, 5.41) is 28.4. The first-order valence-electron chi connectivity index (χ1n) is 8.44. The minimum Gasteiger partial charge on any atom is -0.550 e. The third kappa shape index (κ3) is 18.1. The fourth-order valence-corrected chi connectivity index (χ4v) is 1.81. The maximum atomic E-state index is 10.2. The van der Waals surface area contributed by atoms with Gasteiger partial charge in [0.05, 0.1) is 6.10 Å². The van der Waals surface area contributed by atoms with Crippen molar-refractivity contribution in [2.24, 2.45) is 0 Å². The lowest BCUT2D eigenvalue weighted by molar-refractivity contribution is -0.305. The SMILES string of the molecule is O=C([O-])CCCC(O)/C=C/C=C\C/C=C\C/C=C\C/C=C\CCO. The van der Waals surface area contributed by atoms with E-state index in [4.69, 9.17) is 5.11 Å². The van der Waals surface area contributed by atoms with Crippen LogP contribution in [0.15, 0.2) is 60.8 Å². The van der Waals surface area contributed by atoms with Crippen molar-refractivity contribution in [3.63, 3.8) is 0 Å². The topological polar surface area (TPSA) is 80.6 Å². The zero-order valence-electron chi connectivity index (χ0n) is 14.2. The Kier molecular flexibility index (Phi) is 16.1. The average molecular weight is 333 g/mol. The fourth-order valence-electron chi connectivity index (χ4n) is 1.81. The van der Waals surface area contributed by atoms with Gasteiger partial charge in [-0.1, -0.05) is 60.8 Å². The van der Waals surface area contributed by atoms with Crippen molar-refractivity contribution in [1.29, 1.82) is 0 Å². The molecule has 0 rings (SSSR count). The molecule has 0 radical (unpaired) electrons. The predicted molar refractivity (Wildman–Crippen MR) is 96.1 cm³/mol. The number of aliphatic hydroxyl groups excluding tert-OH is 2. The van der Waals surface area contributed by atoms with E-state index in [0.717, 1.165) is 19.3 Å². The smallest absolute Gasteiger partial charge is 0.0724 e. The van der Waals surface area contributed by atoms with Crippen molar-refractivity contribution in [3.05, 3.63) is 60.8 Å². The molecule has 1 unspecified atom stereocenters. The standard InChI is InChI=1S/C20H30O4/c21-18-13-11-9-7-5-3-1-2-4-6-8-10-12-15-19(22)16-14-17-20(23)24/h2-5,8-12,15,19,21-22H,1,6-7,13-14,16-18H2,(H,23,24)/p-1/b4-2-,5-3-,10-8-,11-9-,15-12+. The van der Waals surface area contributed by atoms with Crippen molar-refractivity contribution >= 4 is 5.97 Å². The molecule has 1 atom stereocenters. The van der Waals surface area contributed by atoms with Crippen molar-refractivity contribution in [1.82, 2.24) is 0 Å². The van der Waals surface area contributed by atoms with Gasteiger partial charge in [-0.2, -0.15) is 0 Å². The Morgan fingerprint density at radius 1 is 0.917 bits per heavy atom. The largest absolute Gasteiger partial charge is 0.550 e. The Morgan fingerprint density at radius 3 is 2.08 bits per heavy atom. The van der Waals surface area contributed by atoms with Crippen molar-refractivity contribution < 1.29 is 20.1 Å². The molecule has 4 heteroatoms. The number of carbonyl (C=O) groups is 1. The number of hydrogen-bond acceptors (Lipinski definition) is 4. The fraction of sp³-hybridized carbons (Fsp3) is 0.450. The van der Waals surface area contributed by atoms with Crippen LogP contribution < -0.4 is 5.11 Å². The molecule has 0 aliphatic carbocycles. The lowest BCUT2D eigenvalue weighted by Crippen LogP contribution is -2.22. The summed E-state index contributed by atoms with van der Waals surface area (Å²) < 4.78 is 0. The van der Waals surface area contributed by atoms with Gasteiger partial charge in [0.1, 0.15) is 0 Å². The van der Waals surface area contributed by atoms with Crippen LogP contribution in [0.5, 0.6) is 0 Å². The maximum absolute atomic E-state index is 10.2. The summed E-state index contributed by atoms with van der Waals surface area (Å²) in [6.07, 6.45) is 23.2. The van der Waals surface area contributed by atoms with E-state index in [2.05, 4.69) is 24.3 Å². The molecule has 0 aliphatic heterocycles. The zero-order valence-corrected chi connectivity index (χ0v) is 14.2. The summed E-state index contributed by atoms with van der Waals surface area (Å²) in [6, 6.07) is 0. The second-order valence-electron chi connectivity index (χ2n) is 5.28. The quantitative estimate of drug-likeness (QED) is 0.378. The summed E-state index contributed by atoms with van der Waals surface area (Å²) in [5.74, 6) is -1.08. The van der Waals surface area contributed by atoms with Gasteiger partial charge in [0.15, 0.2) is 0 Å². The summed E-state index contributed by atoms with van der Waals surface area (Å²) in [5.41, 5.74) is 0. The summed E-state index contributed by atoms with van der Waals surface area (Å²) >= 11 is 0. The number of aliphatic carboxylic acids is 1. The van der Waals surface area contributed by atoms with Gasteiger partial charge in [-0.05, 0) is 44.9 Å². The first-order chi connectivity index (χ1) is 11.7. The van der Waals surface area contributed by atoms with E-state index < -0.39 is 12.1 Å². The zero-order chi connectivity index (χ0) is 17.9. The monoisotopic (exact) mass is 333 g/mol. The van der Waals surface area contributed by atoms with Gasteiger partial charge in [0, 0.05) is 12.6 Å². The lowest BCUT2D eigenvalue weighted by Gasteiger charge is -2.04. The highest BCUT2D eigenvalue weighted by Gasteiger charge is 1.97. The molecule has 4 nitrogen and oxygen atoms in total. The first-order valence-corrected chi connectivity index (χ1v) is 8.44. The van der Waals surface area contributed by atoms with Crippen molar-refractivity contribution in [2.45, 2.75) is 51.0 Å². The van der Waals surface area contributed by atoms with Crippen LogP contribution in [0.3, 0.4) is 0 Å². The molecule has 0 bridgehead atoms. The molecular weight excluding hydrogens is 304 g/mol. The maximum Gasteiger partial charge on any atom is 0.0724 e. The lowest BCUT2D eigenvalue weighted by atomic mass is 10.1. The first kappa shape index (κ1) is 22.1. The van der Waals surface area contributed by atoms with Crippen molar-refractivity contribution in [2.75, 3.05) is 6.61 Å². The molecule has 0 saturated heterocycles. The van der Waals surface area contributed by atoms with Gasteiger partial charge in [0.2, 0.25) is 0 Å². The van der Waals surface area contributed by atoms with E-state index in [9.17, 15) is 15.0 Å². The van der Waals surface area contributed by atoms with Crippen LogP contribution in [0.2, 0.25) is 0 Å². The van der Waals surface area contributed by atoms with Gasteiger partial charge in [-0.25, -0.2) is 0 Å². The van der Waals surface area contributed by atoms with Crippen LogP contribution in [0.25, 0.3) is 0 Å². The van der Waals surface area contributed by atoms with Crippen LogP contribution >= 0.6 is 0 Å². The van der Waals surface area contributed by atoms with Crippen molar-refractivity contribution in [3.8, 4) is 0 Å². The minimum absolute atomic E-state index is 0.0150. The van der Waals surface area contributed by atoms with E-state index in [1.54, 1.807) is 12.2 Å². The van der Waals surface area contributed by atoms with Crippen LogP contribution in [0.4, 0.5) is 0 Å². The third-order valence-electron chi connectivity index (χ3n) is 3.07. The Labute approximate surface area is 145 Å².